The summed E-state index contributed by atoms with van der Waals surface area (Å²) in [5.41, 5.74) is 6.18. The maximum Gasteiger partial charge on any atom is 0.231 e. The third kappa shape index (κ3) is 3.05. The van der Waals surface area contributed by atoms with Gasteiger partial charge in [0, 0.05) is 30.6 Å². The van der Waals surface area contributed by atoms with Crippen LogP contribution in [0.15, 0.2) is 18.2 Å². The molecule has 3 heterocycles. The highest BCUT2D eigenvalue weighted by Crippen LogP contribution is 2.53. The van der Waals surface area contributed by atoms with E-state index >= 15 is 0 Å². The summed E-state index contributed by atoms with van der Waals surface area (Å²) in [6.07, 6.45) is 2.24. The number of primary amides is 1. The summed E-state index contributed by atoms with van der Waals surface area (Å²) in [5, 5.41) is 0. The average molecular weight is 360 g/mol. The minimum Gasteiger partial charge on any atom is -0.497 e. The van der Waals surface area contributed by atoms with Crippen LogP contribution in [0.3, 0.4) is 0 Å². The molecule has 0 spiro atoms. The Morgan fingerprint density at radius 3 is 2.96 bits per heavy atom. The molecule has 3 aliphatic heterocycles. The molecule has 4 atom stereocenters. The molecule has 2 saturated heterocycles. The van der Waals surface area contributed by atoms with E-state index in [1.165, 1.54) is 0 Å². The Morgan fingerprint density at radius 2 is 2.23 bits per heavy atom. The van der Waals surface area contributed by atoms with E-state index in [4.69, 9.17) is 19.9 Å². The van der Waals surface area contributed by atoms with E-state index < -0.39 is 0 Å². The van der Waals surface area contributed by atoms with Gasteiger partial charge >= 0.3 is 0 Å². The van der Waals surface area contributed by atoms with Crippen molar-refractivity contribution >= 4 is 5.91 Å². The van der Waals surface area contributed by atoms with E-state index in [1.54, 1.807) is 7.11 Å². The van der Waals surface area contributed by atoms with Crippen LogP contribution in [0, 0.1) is 11.8 Å². The van der Waals surface area contributed by atoms with Crippen LogP contribution in [0.25, 0.3) is 0 Å². The Balaban J connectivity index is 1.59. The van der Waals surface area contributed by atoms with Gasteiger partial charge in [-0.15, -0.1) is 0 Å². The van der Waals surface area contributed by atoms with E-state index in [1.807, 2.05) is 12.1 Å². The van der Waals surface area contributed by atoms with Crippen LogP contribution in [-0.4, -0.2) is 49.3 Å². The number of benzene rings is 1. The molecule has 1 amide bonds. The number of carbonyl (C=O) groups is 1. The SMILES string of the molecule is COc1ccc2c(c1)OC(C)(C)[C@H]1C[C@@H]3CN(CC(N)=O)CC[C@@H]3O[C@H]21. The number of rotatable bonds is 3. The lowest BCUT2D eigenvalue weighted by atomic mass is 9.70. The molecular formula is C20H28N2O4. The van der Waals surface area contributed by atoms with Crippen molar-refractivity contribution < 1.29 is 19.0 Å². The third-order valence-electron chi connectivity index (χ3n) is 6.16. The fourth-order valence-corrected chi connectivity index (χ4v) is 4.85. The molecule has 1 aromatic carbocycles. The average Bonchev–Trinajstić information content (AvgIpc) is 2.59. The van der Waals surface area contributed by atoms with Crippen LogP contribution in [-0.2, 0) is 9.53 Å². The second-order valence-electron chi connectivity index (χ2n) is 8.30. The van der Waals surface area contributed by atoms with Gasteiger partial charge in [-0.3, -0.25) is 9.69 Å². The Morgan fingerprint density at radius 1 is 1.42 bits per heavy atom. The first-order valence-corrected chi connectivity index (χ1v) is 9.40. The molecule has 6 heteroatoms. The van der Waals surface area contributed by atoms with Crippen molar-refractivity contribution in [2.45, 2.75) is 44.5 Å². The minimum atomic E-state index is -0.318. The van der Waals surface area contributed by atoms with Crippen LogP contribution in [0.4, 0.5) is 0 Å². The number of methoxy groups -OCH3 is 1. The third-order valence-corrected chi connectivity index (χ3v) is 6.16. The highest BCUT2D eigenvalue weighted by molar-refractivity contribution is 5.75. The number of ether oxygens (including phenoxy) is 3. The van der Waals surface area contributed by atoms with Gasteiger partial charge in [0.15, 0.2) is 0 Å². The largest absolute Gasteiger partial charge is 0.497 e. The van der Waals surface area contributed by atoms with Crippen LogP contribution in [0.2, 0.25) is 0 Å². The molecule has 142 valence electrons. The van der Waals surface area contributed by atoms with Gasteiger partial charge in [-0.2, -0.15) is 0 Å². The first-order chi connectivity index (χ1) is 12.4. The predicted octanol–water partition coefficient (Wildman–Crippen LogP) is 2.12. The van der Waals surface area contributed by atoms with Crippen LogP contribution in [0.1, 0.15) is 38.4 Å². The van der Waals surface area contributed by atoms with E-state index in [0.717, 1.165) is 43.0 Å². The van der Waals surface area contributed by atoms with E-state index in [-0.39, 0.29) is 29.6 Å². The van der Waals surface area contributed by atoms with Gasteiger partial charge in [-0.1, -0.05) is 0 Å². The Labute approximate surface area is 154 Å². The summed E-state index contributed by atoms with van der Waals surface area (Å²) in [5.74, 6) is 2.08. The molecule has 0 radical (unpaired) electrons. The molecule has 2 fully saturated rings. The van der Waals surface area contributed by atoms with Gasteiger partial charge in [0.05, 0.1) is 25.9 Å². The van der Waals surface area contributed by atoms with Gasteiger partial charge in [-0.05, 0) is 44.7 Å². The highest BCUT2D eigenvalue weighted by Gasteiger charge is 2.51. The molecule has 0 unspecified atom stereocenters. The maximum atomic E-state index is 11.3. The molecular weight excluding hydrogens is 332 g/mol. The fraction of sp³-hybridized carbons (Fsp3) is 0.650. The standard InChI is InChI=1S/C20H28N2O4/c1-20(2)15-8-12-10-22(11-18(21)23)7-6-16(12)25-19(15)14-5-4-13(24-3)9-17(14)26-20/h4-5,9,12,15-16,19H,6-8,10-11H2,1-3H3,(H2,21,23)/t12-,15+,16+,19-/m1/s1. The van der Waals surface area contributed by atoms with Crippen LogP contribution >= 0.6 is 0 Å². The molecule has 0 saturated carbocycles. The Hall–Kier alpha value is -1.79. The molecule has 4 rings (SSSR count). The summed E-state index contributed by atoms with van der Waals surface area (Å²) < 4.78 is 18.3. The van der Waals surface area contributed by atoms with Crippen molar-refractivity contribution in [3.63, 3.8) is 0 Å². The number of hydrogen-bond donors (Lipinski definition) is 1. The van der Waals surface area contributed by atoms with Crippen molar-refractivity contribution in [3.8, 4) is 11.5 Å². The monoisotopic (exact) mass is 360 g/mol. The summed E-state index contributed by atoms with van der Waals surface area (Å²) in [6.45, 7) is 6.33. The zero-order valence-corrected chi connectivity index (χ0v) is 15.7. The number of carbonyl (C=O) groups excluding carboxylic acids is 1. The molecule has 3 aliphatic rings. The molecule has 0 aromatic heterocycles. The van der Waals surface area contributed by atoms with Crippen LogP contribution in [0.5, 0.6) is 11.5 Å². The number of fused-ring (bicyclic) bond motifs is 4. The highest BCUT2D eigenvalue weighted by atomic mass is 16.5. The number of amides is 1. The van der Waals surface area contributed by atoms with Crippen molar-refractivity contribution in [1.29, 1.82) is 0 Å². The van der Waals surface area contributed by atoms with E-state index in [0.29, 0.717) is 12.5 Å². The molecule has 0 bridgehead atoms. The zero-order valence-electron chi connectivity index (χ0n) is 15.7. The quantitative estimate of drug-likeness (QED) is 0.894. The Kier molecular flexibility index (Phi) is 4.35. The van der Waals surface area contributed by atoms with Gasteiger partial charge in [0.2, 0.25) is 5.91 Å². The molecule has 26 heavy (non-hydrogen) atoms. The smallest absolute Gasteiger partial charge is 0.231 e. The van der Waals surface area contributed by atoms with E-state index in [2.05, 4.69) is 24.8 Å². The minimum absolute atomic E-state index is 0.0450. The number of likely N-dealkylation sites (tertiary alicyclic amines) is 1. The number of hydrogen-bond acceptors (Lipinski definition) is 5. The van der Waals surface area contributed by atoms with Crippen molar-refractivity contribution in [1.82, 2.24) is 4.90 Å². The zero-order chi connectivity index (χ0) is 18.5. The topological polar surface area (TPSA) is 74.0 Å². The summed E-state index contributed by atoms with van der Waals surface area (Å²) in [4.78, 5) is 13.4. The lowest BCUT2D eigenvalue weighted by Crippen LogP contribution is -2.55. The van der Waals surface area contributed by atoms with Gasteiger partial charge in [-0.25, -0.2) is 0 Å². The lowest BCUT2D eigenvalue weighted by Gasteiger charge is -2.53. The van der Waals surface area contributed by atoms with Gasteiger partial charge < -0.3 is 19.9 Å². The van der Waals surface area contributed by atoms with E-state index in [9.17, 15) is 4.79 Å². The normalized spacial score (nSPS) is 32.6. The lowest BCUT2D eigenvalue weighted by molar-refractivity contribution is -0.187. The summed E-state index contributed by atoms with van der Waals surface area (Å²) >= 11 is 0. The van der Waals surface area contributed by atoms with Gasteiger partial charge in [0.25, 0.3) is 0 Å². The first kappa shape index (κ1) is 17.6. The second kappa shape index (κ2) is 6.43. The van der Waals surface area contributed by atoms with Crippen molar-refractivity contribution in [3.05, 3.63) is 23.8 Å². The number of piperidine rings is 1. The van der Waals surface area contributed by atoms with Gasteiger partial charge in [0.1, 0.15) is 17.1 Å². The molecule has 2 N–H and O–H groups in total. The molecule has 1 aromatic rings. The number of nitrogens with two attached hydrogens (primary N) is 1. The van der Waals surface area contributed by atoms with Crippen LogP contribution < -0.4 is 15.2 Å². The number of nitrogens with zero attached hydrogens (tertiary/aromatic N) is 1. The fourth-order valence-electron chi connectivity index (χ4n) is 4.85. The first-order valence-electron chi connectivity index (χ1n) is 9.40. The molecule has 0 aliphatic carbocycles. The van der Waals surface area contributed by atoms with Crippen molar-refractivity contribution in [2.24, 2.45) is 17.6 Å². The Bertz CT molecular complexity index is 705. The summed E-state index contributed by atoms with van der Waals surface area (Å²) in [7, 11) is 1.67. The second-order valence-corrected chi connectivity index (χ2v) is 8.30. The predicted molar refractivity (Wildman–Crippen MR) is 97.2 cm³/mol. The molecule has 6 nitrogen and oxygen atoms in total. The summed E-state index contributed by atoms with van der Waals surface area (Å²) in [6, 6.07) is 6.00. The van der Waals surface area contributed by atoms with Crippen molar-refractivity contribution in [2.75, 3.05) is 26.7 Å². The maximum absolute atomic E-state index is 11.3.